The van der Waals surface area contributed by atoms with Gasteiger partial charge in [0.2, 0.25) is 0 Å². The van der Waals surface area contributed by atoms with Gasteiger partial charge in [-0.05, 0) is 53.4 Å². The van der Waals surface area contributed by atoms with Gasteiger partial charge in [0.1, 0.15) is 0 Å². The van der Waals surface area contributed by atoms with Crippen LogP contribution in [-0.2, 0) is 10.8 Å². The molecule has 0 heterocycles. The number of nitrogens with zero attached hydrogens (tertiary/aromatic N) is 1. The highest BCUT2D eigenvalue weighted by Crippen LogP contribution is 2.18. The van der Waals surface area contributed by atoms with Gasteiger partial charge in [-0.2, -0.15) is 0 Å². The molecule has 0 saturated heterocycles. The van der Waals surface area contributed by atoms with Gasteiger partial charge >= 0.3 is 0 Å². The molecule has 1 saturated carbocycles. The van der Waals surface area contributed by atoms with Crippen LogP contribution in [0.15, 0.2) is 4.99 Å². The summed E-state index contributed by atoms with van der Waals surface area (Å²) < 4.78 is 11.8. The van der Waals surface area contributed by atoms with Gasteiger partial charge in [0.15, 0.2) is 5.96 Å². The van der Waals surface area contributed by atoms with E-state index in [2.05, 4.69) is 15.6 Å². The largest absolute Gasteiger partial charge is 0.393 e. The van der Waals surface area contributed by atoms with Crippen molar-refractivity contribution in [1.82, 2.24) is 10.6 Å². The Bertz CT molecular complexity index is 364. The first-order valence-corrected chi connectivity index (χ1v) is 9.26. The second-order valence-electron chi connectivity index (χ2n) is 6.57. The van der Waals surface area contributed by atoms with E-state index in [0.717, 1.165) is 38.2 Å². The number of aliphatic hydroxyl groups excluding tert-OH is 1. The Balaban J connectivity index is 0.00000441. The van der Waals surface area contributed by atoms with Crippen LogP contribution in [0, 0.1) is 0 Å². The van der Waals surface area contributed by atoms with Crippen LogP contribution in [0.1, 0.15) is 53.4 Å². The van der Waals surface area contributed by atoms with E-state index in [1.807, 2.05) is 27.7 Å². The lowest BCUT2D eigenvalue weighted by molar-refractivity contribution is 0.120. The molecule has 0 bridgehead atoms. The highest BCUT2D eigenvalue weighted by atomic mass is 127. The van der Waals surface area contributed by atoms with Crippen LogP contribution >= 0.6 is 24.0 Å². The summed E-state index contributed by atoms with van der Waals surface area (Å²) in [6.07, 6.45) is 3.51. The number of aliphatic imine (C=N–C) groups is 1. The van der Waals surface area contributed by atoms with Crippen molar-refractivity contribution in [3.05, 3.63) is 0 Å². The first kappa shape index (κ1) is 22.1. The van der Waals surface area contributed by atoms with Gasteiger partial charge in [-0.15, -0.1) is 24.0 Å². The lowest BCUT2D eigenvalue weighted by Crippen LogP contribution is -2.45. The average molecular weight is 445 g/mol. The van der Waals surface area contributed by atoms with E-state index in [0.29, 0.717) is 18.3 Å². The third-order valence-electron chi connectivity index (χ3n) is 3.61. The van der Waals surface area contributed by atoms with Crippen LogP contribution in [0.25, 0.3) is 0 Å². The van der Waals surface area contributed by atoms with E-state index < -0.39 is 10.8 Å². The first-order chi connectivity index (χ1) is 9.82. The highest BCUT2D eigenvalue weighted by Gasteiger charge is 2.21. The fraction of sp³-hybridized carbons (Fsp3) is 0.933. The van der Waals surface area contributed by atoms with Crippen LogP contribution < -0.4 is 10.6 Å². The molecule has 7 heteroatoms. The number of guanidine groups is 1. The fourth-order valence-electron chi connectivity index (χ4n) is 2.28. The molecule has 132 valence electrons. The Kier molecular flexibility index (Phi) is 10.9. The summed E-state index contributed by atoms with van der Waals surface area (Å²) in [5, 5.41) is 16.2. The minimum Gasteiger partial charge on any atom is -0.393 e. The number of aliphatic hydroxyl groups is 1. The predicted molar refractivity (Wildman–Crippen MR) is 106 cm³/mol. The fourth-order valence-corrected chi connectivity index (χ4v) is 3.15. The molecule has 5 nitrogen and oxygen atoms in total. The SMILES string of the molecule is CCNC(=NCCS(=O)C(C)(C)C)NC1CCC(O)CC1.I. The summed E-state index contributed by atoms with van der Waals surface area (Å²) in [5.41, 5.74) is 0. The number of nitrogens with one attached hydrogen (secondary N) is 2. The average Bonchev–Trinajstić information content (AvgIpc) is 2.40. The van der Waals surface area contributed by atoms with Crippen molar-refractivity contribution >= 4 is 40.7 Å². The van der Waals surface area contributed by atoms with E-state index in [1.165, 1.54) is 0 Å². The smallest absolute Gasteiger partial charge is 0.191 e. The van der Waals surface area contributed by atoms with Gasteiger partial charge in [-0.1, -0.05) is 0 Å². The van der Waals surface area contributed by atoms with E-state index >= 15 is 0 Å². The summed E-state index contributed by atoms with van der Waals surface area (Å²) in [5.74, 6) is 1.38. The maximum Gasteiger partial charge on any atom is 0.191 e. The van der Waals surface area contributed by atoms with Gasteiger partial charge < -0.3 is 15.7 Å². The first-order valence-electron chi connectivity index (χ1n) is 7.94. The monoisotopic (exact) mass is 445 g/mol. The quantitative estimate of drug-likeness (QED) is 0.344. The summed E-state index contributed by atoms with van der Waals surface area (Å²) in [4.78, 5) is 4.52. The summed E-state index contributed by atoms with van der Waals surface area (Å²) in [6.45, 7) is 9.38. The van der Waals surface area contributed by atoms with Gasteiger partial charge in [0.05, 0.1) is 12.6 Å². The molecule has 0 radical (unpaired) electrons. The molecule has 1 unspecified atom stereocenters. The maximum absolute atomic E-state index is 12.0. The summed E-state index contributed by atoms with van der Waals surface area (Å²) in [6, 6.07) is 0.374. The van der Waals surface area contributed by atoms with Crippen molar-refractivity contribution in [3.8, 4) is 0 Å². The van der Waals surface area contributed by atoms with Crippen molar-refractivity contribution in [3.63, 3.8) is 0 Å². The third kappa shape index (κ3) is 8.67. The Morgan fingerprint density at radius 1 is 1.27 bits per heavy atom. The predicted octanol–water partition coefficient (Wildman–Crippen LogP) is 2.01. The lowest BCUT2D eigenvalue weighted by Gasteiger charge is -2.27. The van der Waals surface area contributed by atoms with Gasteiger partial charge in [-0.3, -0.25) is 9.20 Å². The zero-order valence-corrected chi connectivity index (χ0v) is 17.4. The summed E-state index contributed by atoms with van der Waals surface area (Å²) in [7, 11) is -0.865. The molecule has 0 aromatic carbocycles. The molecular formula is C15H32IN3O2S. The minimum atomic E-state index is -0.865. The van der Waals surface area contributed by atoms with Gasteiger partial charge in [-0.25, -0.2) is 0 Å². The van der Waals surface area contributed by atoms with Crippen LogP contribution in [0.3, 0.4) is 0 Å². The van der Waals surface area contributed by atoms with Crippen LogP contribution in [-0.4, -0.2) is 51.0 Å². The standard InChI is InChI=1S/C15H31N3O2S.HI/c1-5-16-14(17-10-11-21(20)15(2,3)4)18-12-6-8-13(19)9-7-12;/h12-13,19H,5-11H2,1-4H3,(H2,16,17,18);1H. The molecule has 1 aliphatic rings. The molecule has 0 aromatic rings. The molecule has 1 fully saturated rings. The number of hydrogen-bond acceptors (Lipinski definition) is 3. The molecule has 3 N–H and O–H groups in total. The van der Waals surface area contributed by atoms with E-state index in [9.17, 15) is 9.32 Å². The maximum atomic E-state index is 12.0. The van der Waals surface area contributed by atoms with E-state index in [4.69, 9.17) is 0 Å². The Hall–Kier alpha value is 0.110. The second-order valence-corrected chi connectivity index (χ2v) is 8.90. The van der Waals surface area contributed by atoms with E-state index in [-0.39, 0.29) is 34.8 Å². The molecular weight excluding hydrogens is 413 g/mol. The van der Waals surface area contributed by atoms with Crippen molar-refractivity contribution in [2.24, 2.45) is 4.99 Å². The molecule has 1 atom stereocenters. The Labute approximate surface area is 154 Å². The molecule has 0 amide bonds. The Morgan fingerprint density at radius 2 is 1.86 bits per heavy atom. The zero-order chi connectivity index (χ0) is 15.9. The van der Waals surface area contributed by atoms with Crippen LogP contribution in [0.4, 0.5) is 0 Å². The van der Waals surface area contributed by atoms with Gasteiger partial charge in [0, 0.05) is 33.9 Å². The van der Waals surface area contributed by atoms with Crippen molar-refractivity contribution in [2.45, 2.75) is 70.3 Å². The normalized spacial score (nSPS) is 24.3. The molecule has 1 rings (SSSR count). The number of halogens is 1. The second kappa shape index (κ2) is 10.8. The molecule has 22 heavy (non-hydrogen) atoms. The van der Waals surface area contributed by atoms with Crippen molar-refractivity contribution < 1.29 is 9.32 Å². The Morgan fingerprint density at radius 3 is 2.36 bits per heavy atom. The lowest BCUT2D eigenvalue weighted by atomic mass is 9.93. The molecule has 0 aliphatic heterocycles. The third-order valence-corrected chi connectivity index (χ3v) is 5.53. The molecule has 1 aliphatic carbocycles. The molecule has 0 aromatic heterocycles. The van der Waals surface area contributed by atoms with Gasteiger partial charge in [0.25, 0.3) is 0 Å². The summed E-state index contributed by atoms with van der Waals surface area (Å²) >= 11 is 0. The number of hydrogen-bond donors (Lipinski definition) is 3. The van der Waals surface area contributed by atoms with Crippen molar-refractivity contribution in [1.29, 1.82) is 0 Å². The highest BCUT2D eigenvalue weighted by molar-refractivity contribution is 14.0. The minimum absolute atomic E-state index is 0. The van der Waals surface area contributed by atoms with Crippen LogP contribution in [0.5, 0.6) is 0 Å². The molecule has 0 spiro atoms. The topological polar surface area (TPSA) is 73.7 Å². The van der Waals surface area contributed by atoms with E-state index in [1.54, 1.807) is 0 Å². The van der Waals surface area contributed by atoms with Crippen molar-refractivity contribution in [2.75, 3.05) is 18.8 Å². The van der Waals surface area contributed by atoms with Crippen LogP contribution in [0.2, 0.25) is 0 Å². The number of rotatable bonds is 5. The zero-order valence-electron chi connectivity index (χ0n) is 14.2.